The molecular weight excluding hydrogens is 358 g/mol. The predicted octanol–water partition coefficient (Wildman–Crippen LogP) is 2.28. The molecule has 0 aromatic heterocycles. The summed E-state index contributed by atoms with van der Waals surface area (Å²) in [7, 11) is -2.08. The predicted molar refractivity (Wildman–Crippen MR) is 96.1 cm³/mol. The second-order valence-electron chi connectivity index (χ2n) is 5.26. The first-order chi connectivity index (χ1) is 12.4. The maximum atomic E-state index is 12.2. The van der Waals surface area contributed by atoms with Crippen LogP contribution in [0.15, 0.2) is 53.4 Å². The van der Waals surface area contributed by atoms with Crippen molar-refractivity contribution in [3.63, 3.8) is 0 Å². The third-order valence-electron chi connectivity index (χ3n) is 3.51. The summed E-state index contributed by atoms with van der Waals surface area (Å²) in [5, 5.41) is 2.57. The molecule has 138 valence electrons. The highest BCUT2D eigenvalue weighted by atomic mass is 32.2. The number of ether oxygens (including phenoxy) is 2. The number of anilines is 1. The number of rotatable bonds is 7. The summed E-state index contributed by atoms with van der Waals surface area (Å²) in [5.74, 6) is -1.01. The monoisotopic (exact) mass is 377 g/mol. The molecule has 0 saturated carbocycles. The summed E-state index contributed by atoms with van der Waals surface area (Å²) in [4.78, 5) is 24.0. The number of benzene rings is 2. The van der Waals surface area contributed by atoms with Crippen molar-refractivity contribution in [2.24, 2.45) is 0 Å². The van der Waals surface area contributed by atoms with Gasteiger partial charge in [-0.25, -0.2) is 13.2 Å². The molecule has 0 bridgehead atoms. The summed E-state index contributed by atoms with van der Waals surface area (Å²) in [6, 6.07) is 12.4. The Labute approximate surface area is 151 Å². The van der Waals surface area contributed by atoms with Gasteiger partial charge in [-0.2, -0.15) is 0 Å². The van der Waals surface area contributed by atoms with E-state index >= 15 is 0 Å². The molecule has 2 aromatic carbocycles. The van der Waals surface area contributed by atoms with Gasteiger partial charge in [-0.05, 0) is 24.3 Å². The number of sulfone groups is 1. The van der Waals surface area contributed by atoms with E-state index in [1.165, 1.54) is 38.3 Å². The van der Waals surface area contributed by atoms with Gasteiger partial charge < -0.3 is 14.8 Å². The van der Waals surface area contributed by atoms with Crippen LogP contribution in [0.5, 0.6) is 5.75 Å². The first-order valence-corrected chi connectivity index (χ1v) is 9.45. The summed E-state index contributed by atoms with van der Waals surface area (Å²) in [6.45, 7) is 0.940. The molecule has 2 rings (SSSR count). The summed E-state index contributed by atoms with van der Waals surface area (Å²) >= 11 is 0. The van der Waals surface area contributed by atoms with Crippen LogP contribution in [0.4, 0.5) is 5.69 Å². The van der Waals surface area contributed by atoms with Gasteiger partial charge in [0.2, 0.25) is 0 Å². The molecular formula is C18H19NO6S. The van der Waals surface area contributed by atoms with Crippen molar-refractivity contribution in [2.75, 3.05) is 24.8 Å². The van der Waals surface area contributed by atoms with Crippen molar-refractivity contribution in [3.8, 4) is 5.75 Å². The summed E-state index contributed by atoms with van der Waals surface area (Å²) < 4.78 is 34.1. The number of nitrogens with one attached hydrogen (secondary N) is 1. The molecule has 0 aliphatic heterocycles. The number of amides is 1. The van der Waals surface area contributed by atoms with Crippen LogP contribution in [0, 0.1) is 0 Å². The molecule has 1 N–H and O–H groups in total. The van der Waals surface area contributed by atoms with Gasteiger partial charge in [-0.1, -0.05) is 25.1 Å². The Kier molecular flexibility index (Phi) is 6.35. The van der Waals surface area contributed by atoms with E-state index < -0.39 is 28.3 Å². The van der Waals surface area contributed by atoms with E-state index in [0.717, 1.165) is 0 Å². The van der Waals surface area contributed by atoms with Gasteiger partial charge in [0.15, 0.2) is 16.4 Å². The molecule has 26 heavy (non-hydrogen) atoms. The zero-order valence-corrected chi connectivity index (χ0v) is 15.2. The van der Waals surface area contributed by atoms with Gasteiger partial charge >= 0.3 is 5.97 Å². The molecule has 0 atom stereocenters. The Balaban J connectivity index is 2.04. The van der Waals surface area contributed by atoms with Crippen LogP contribution in [0.2, 0.25) is 0 Å². The van der Waals surface area contributed by atoms with Gasteiger partial charge in [-0.15, -0.1) is 0 Å². The molecule has 0 saturated heterocycles. The maximum Gasteiger partial charge on any atom is 0.339 e. The van der Waals surface area contributed by atoms with Crippen molar-refractivity contribution >= 4 is 27.4 Å². The minimum Gasteiger partial charge on any atom is -0.497 e. The fraction of sp³-hybridized carbons (Fsp3) is 0.222. The Morgan fingerprint density at radius 3 is 2.50 bits per heavy atom. The number of hydrogen-bond acceptors (Lipinski definition) is 6. The third kappa shape index (κ3) is 4.82. The van der Waals surface area contributed by atoms with E-state index in [0.29, 0.717) is 11.4 Å². The quantitative estimate of drug-likeness (QED) is 0.743. The maximum absolute atomic E-state index is 12.2. The molecule has 1 amide bonds. The standard InChI is InChI=1S/C18H19NO6S/c1-3-26(22,23)16-10-5-4-9-15(16)18(21)25-12-17(20)19-13-7-6-8-14(11-13)24-2/h4-11H,3,12H2,1-2H3,(H,19,20). The summed E-state index contributed by atoms with van der Waals surface area (Å²) in [6.07, 6.45) is 0. The van der Waals surface area contributed by atoms with Crippen LogP contribution in [0.1, 0.15) is 17.3 Å². The number of methoxy groups -OCH3 is 1. The molecule has 0 heterocycles. The lowest BCUT2D eigenvalue weighted by atomic mass is 10.2. The zero-order chi connectivity index (χ0) is 19.2. The lowest BCUT2D eigenvalue weighted by Gasteiger charge is -2.10. The topological polar surface area (TPSA) is 98.8 Å². The van der Waals surface area contributed by atoms with Gasteiger partial charge in [0, 0.05) is 11.8 Å². The average molecular weight is 377 g/mol. The van der Waals surface area contributed by atoms with E-state index in [9.17, 15) is 18.0 Å². The molecule has 0 radical (unpaired) electrons. The van der Waals surface area contributed by atoms with Crippen LogP contribution in [0.3, 0.4) is 0 Å². The van der Waals surface area contributed by atoms with Crippen LogP contribution in [-0.2, 0) is 19.4 Å². The Hall–Kier alpha value is -2.87. The van der Waals surface area contributed by atoms with Crippen molar-refractivity contribution in [1.82, 2.24) is 0 Å². The third-order valence-corrected chi connectivity index (χ3v) is 5.30. The van der Waals surface area contributed by atoms with Gasteiger partial charge in [0.25, 0.3) is 5.91 Å². The number of carbonyl (C=O) groups excluding carboxylic acids is 2. The van der Waals surface area contributed by atoms with Crippen LogP contribution in [0.25, 0.3) is 0 Å². The summed E-state index contributed by atoms with van der Waals surface area (Å²) in [5.41, 5.74) is 0.392. The second-order valence-corrected chi connectivity index (χ2v) is 7.50. The van der Waals surface area contributed by atoms with Gasteiger partial charge in [-0.3, -0.25) is 4.79 Å². The number of esters is 1. The second kappa shape index (κ2) is 8.48. The Bertz CT molecular complexity index is 907. The number of hydrogen-bond donors (Lipinski definition) is 1. The molecule has 0 aliphatic carbocycles. The van der Waals surface area contributed by atoms with E-state index in [4.69, 9.17) is 9.47 Å². The molecule has 7 nitrogen and oxygen atoms in total. The van der Waals surface area contributed by atoms with Crippen molar-refractivity contribution in [1.29, 1.82) is 0 Å². The van der Waals surface area contributed by atoms with E-state index in [1.54, 1.807) is 24.3 Å². The lowest BCUT2D eigenvalue weighted by molar-refractivity contribution is -0.119. The van der Waals surface area contributed by atoms with Crippen molar-refractivity contribution in [2.45, 2.75) is 11.8 Å². The molecule has 0 aliphatic rings. The minimum atomic E-state index is -3.58. The molecule has 8 heteroatoms. The Morgan fingerprint density at radius 2 is 1.81 bits per heavy atom. The zero-order valence-electron chi connectivity index (χ0n) is 14.4. The van der Waals surface area contributed by atoms with E-state index in [-0.39, 0.29) is 16.2 Å². The largest absolute Gasteiger partial charge is 0.497 e. The number of carbonyl (C=O) groups is 2. The highest BCUT2D eigenvalue weighted by Gasteiger charge is 2.22. The normalized spacial score (nSPS) is 10.8. The fourth-order valence-corrected chi connectivity index (χ4v) is 3.25. The Morgan fingerprint density at radius 1 is 1.08 bits per heavy atom. The highest BCUT2D eigenvalue weighted by Crippen LogP contribution is 2.19. The highest BCUT2D eigenvalue weighted by molar-refractivity contribution is 7.91. The van der Waals surface area contributed by atoms with Crippen LogP contribution < -0.4 is 10.1 Å². The fourth-order valence-electron chi connectivity index (χ4n) is 2.17. The van der Waals surface area contributed by atoms with E-state index in [1.807, 2.05) is 0 Å². The van der Waals surface area contributed by atoms with E-state index in [2.05, 4.69) is 5.32 Å². The van der Waals surface area contributed by atoms with Gasteiger partial charge in [0.05, 0.1) is 23.3 Å². The smallest absolute Gasteiger partial charge is 0.339 e. The van der Waals surface area contributed by atoms with Crippen molar-refractivity contribution in [3.05, 3.63) is 54.1 Å². The SMILES string of the molecule is CCS(=O)(=O)c1ccccc1C(=O)OCC(=O)Nc1cccc(OC)c1. The van der Waals surface area contributed by atoms with Crippen LogP contribution in [-0.4, -0.2) is 39.8 Å². The lowest BCUT2D eigenvalue weighted by Crippen LogP contribution is -2.22. The average Bonchev–Trinajstić information content (AvgIpc) is 2.66. The molecule has 0 unspecified atom stereocenters. The first kappa shape index (κ1) is 19.5. The molecule has 0 spiro atoms. The van der Waals surface area contributed by atoms with Crippen LogP contribution >= 0.6 is 0 Å². The van der Waals surface area contributed by atoms with Crippen molar-refractivity contribution < 1.29 is 27.5 Å². The molecule has 2 aromatic rings. The van der Waals surface area contributed by atoms with Gasteiger partial charge in [0.1, 0.15) is 5.75 Å². The minimum absolute atomic E-state index is 0.0940. The first-order valence-electron chi connectivity index (χ1n) is 7.80. The molecule has 0 fully saturated rings.